The van der Waals surface area contributed by atoms with Crippen LogP contribution >= 0.6 is 35.0 Å². The number of aromatic nitrogens is 2. The molecule has 7 N–H and O–H groups in total. The first-order valence-corrected chi connectivity index (χ1v) is 37.3. The van der Waals surface area contributed by atoms with Crippen molar-refractivity contribution in [1.29, 1.82) is 0 Å². The zero-order chi connectivity index (χ0) is 77.5. The van der Waals surface area contributed by atoms with E-state index in [1.165, 1.54) is 16.1 Å². The van der Waals surface area contributed by atoms with E-state index in [-0.39, 0.29) is 117 Å². The number of fused-ring (bicyclic) bond motifs is 2. The number of thiol groups is 1. The molecule has 0 unspecified atom stereocenters. The van der Waals surface area contributed by atoms with E-state index in [4.69, 9.17) is 50.6 Å². The molecule has 6 aromatic rings. The van der Waals surface area contributed by atoms with Crippen molar-refractivity contribution in [2.75, 3.05) is 71.3 Å². The van der Waals surface area contributed by atoms with Gasteiger partial charge in [0.25, 0.3) is 11.8 Å². The minimum absolute atomic E-state index is 0. The van der Waals surface area contributed by atoms with Gasteiger partial charge in [-0.25, -0.2) is 0 Å². The molecule has 8 amide bonds. The number of hydrogen-bond acceptors (Lipinski definition) is 22. The smallest absolute Gasteiger partial charge is 0.813 e. The Hall–Kier alpha value is -7.99. The summed E-state index contributed by atoms with van der Waals surface area (Å²) in [6, 6.07) is 23.5. The molecule has 4 aromatic carbocycles. The van der Waals surface area contributed by atoms with Crippen LogP contribution in [0.3, 0.4) is 0 Å². The summed E-state index contributed by atoms with van der Waals surface area (Å²) in [7, 11) is 0. The Balaban J connectivity index is 0.000000958. The molecule has 39 heteroatoms. The molecule has 0 aliphatic heterocycles. The molecule has 2 aromatic heterocycles. The summed E-state index contributed by atoms with van der Waals surface area (Å²) in [5.74, 6) is -5.86. The molecule has 0 saturated heterocycles. The normalized spacial score (nSPS) is 10.4. The number of carbonyl (C=O) groups is 13. The number of carboxylic acid groups (broad SMARTS) is 2. The van der Waals surface area contributed by atoms with Gasteiger partial charge in [-0.1, -0.05) is 80.7 Å². The van der Waals surface area contributed by atoms with E-state index in [0.717, 1.165) is 69.1 Å². The zero-order valence-corrected chi connectivity index (χ0v) is 67.2. The van der Waals surface area contributed by atoms with Gasteiger partial charge in [0, 0.05) is 75.2 Å². The second-order valence-electron chi connectivity index (χ2n) is 22.1. The van der Waals surface area contributed by atoms with E-state index < -0.39 is 81.9 Å². The number of nitrogens with zero attached hydrogens (tertiary/aromatic N) is 5. The standard InChI is InChI=1S/C34H40ClN5O9S.C33H40ClN5O8.Na.5O.H2S.2Tc/c1-21-26(16-33(46)47)27-15-25(11-12-28(27)40(21)34(48)23-7-9-24(35)10-8-23)49-14-6-4-3-5-13-36-29(42)17-37-30(43)18-38-31(44)19-39-32(45)20-50-22(2)41;1-3-28(40)36-19-30(42)38-20-31(43)37-18-29(41)35-14-6-4-5-7-15-47-24-12-13-27-26(16-24)25(17-32(44)45)21(2)39(27)33(46)22-8-10-23(34)11-9-22;;;;;;;;;/h7-12,15H,3-6,13-14,16-20H2,1-2H3,(H,36,42)(H,37,43)(H,38,44)(H,39,45)(H,46,47);8-13,16H,3-7,14-15,17-20H2,1-2H3,(H5,35,36,37,38,40,41,42,43,44,45);;;;;;;1H2;;/q;;+1;;;;;-1;;+4;/p-4/i;;;;;;;;;1+1;. The third-order valence-electron chi connectivity index (χ3n) is 14.4. The van der Waals surface area contributed by atoms with Gasteiger partial charge >= 0.3 is 93.8 Å². The first-order valence-electron chi connectivity index (χ1n) is 31.8. The summed E-state index contributed by atoms with van der Waals surface area (Å²) in [6.07, 6.45) is 5.91. The molecule has 0 spiro atoms. The minimum Gasteiger partial charge on any atom is -0.813 e. The third kappa shape index (κ3) is 37.0. The molecule has 0 bridgehead atoms. The van der Waals surface area contributed by atoms with E-state index in [1.807, 2.05) is 0 Å². The van der Waals surface area contributed by atoms with Crippen molar-refractivity contribution in [2.45, 2.75) is 98.3 Å². The summed E-state index contributed by atoms with van der Waals surface area (Å²) < 4.78 is 57.6. The Morgan fingerprint density at radius 1 is 0.519 bits per heavy atom. The van der Waals surface area contributed by atoms with Crippen molar-refractivity contribution in [2.24, 2.45) is 0 Å². The van der Waals surface area contributed by atoms with Crippen LogP contribution in [0.1, 0.15) is 115 Å². The van der Waals surface area contributed by atoms with E-state index in [0.29, 0.717) is 116 Å². The first-order chi connectivity index (χ1) is 49.3. The maximum Gasteiger partial charge on any atom is -0.813 e. The van der Waals surface area contributed by atoms with Gasteiger partial charge in [-0.3, -0.25) is 57.1 Å². The quantitative estimate of drug-likeness (QED) is 0.0128. The van der Waals surface area contributed by atoms with Crippen molar-refractivity contribution in [3.8, 4) is 11.5 Å². The van der Waals surface area contributed by atoms with Crippen LogP contribution in [0.5, 0.6) is 11.5 Å². The molecule has 106 heavy (non-hydrogen) atoms. The predicted octanol–water partition coefficient (Wildman–Crippen LogP) is 2.75. The van der Waals surface area contributed by atoms with Crippen LogP contribution in [0.25, 0.3) is 37.8 Å². The Morgan fingerprint density at radius 3 is 1.25 bits per heavy atom. The molecule has 32 nitrogen and oxygen atoms in total. The molecule has 0 saturated carbocycles. The number of aliphatic carboxylic acids is 2. The molecule has 6 rings (SSSR count). The van der Waals surface area contributed by atoms with E-state index in [9.17, 15) is 72.5 Å². The Bertz CT molecular complexity index is 4210. The van der Waals surface area contributed by atoms with Crippen LogP contribution < -0.4 is 69.5 Å². The van der Waals surface area contributed by atoms with Gasteiger partial charge < -0.3 is 90.1 Å². The van der Waals surface area contributed by atoms with Gasteiger partial charge in [0.1, 0.15) is 11.5 Å². The predicted molar refractivity (Wildman–Crippen MR) is 376 cm³/mol. The van der Waals surface area contributed by atoms with Crippen LogP contribution in [0.2, 0.25) is 10.0 Å². The number of carbonyl (C=O) groups excluding carboxylic acids is 11. The number of amides is 8. The Labute approximate surface area is 666 Å². The fourth-order valence-electron chi connectivity index (χ4n) is 9.50. The molecule has 569 valence electrons. The van der Waals surface area contributed by atoms with Crippen LogP contribution in [0, 0.1) is 13.8 Å². The second-order valence-corrected chi connectivity index (χ2v) is 26.0. The number of unbranched alkanes of at least 4 members (excludes halogenated alkanes) is 6. The fourth-order valence-corrected chi connectivity index (χ4v) is 10.2. The van der Waals surface area contributed by atoms with Gasteiger partial charge in [0.05, 0.1) is 68.4 Å². The molecular weight excluding hydrogens is 1650 g/mol. The number of carboxylic acids is 2. The number of ether oxygens (including phenoxy) is 2. The Kier molecular flexibility index (Phi) is 46.5. The van der Waals surface area contributed by atoms with Crippen LogP contribution in [-0.4, -0.2) is 167 Å². The summed E-state index contributed by atoms with van der Waals surface area (Å²) >= 11 is 7.72. The van der Waals surface area contributed by atoms with E-state index >= 15 is 0 Å². The van der Waals surface area contributed by atoms with Crippen LogP contribution in [0.15, 0.2) is 84.9 Å². The number of benzene rings is 4. The second kappa shape index (κ2) is 51.3. The molecule has 0 fully saturated rings. The van der Waals surface area contributed by atoms with Gasteiger partial charge in [0.15, 0.2) is 5.12 Å². The SMILES string of the molecule is CC(=O)SCC(=O)NCC(=O)NCC(=O)NCC(=O)NCCCCCCOc1ccc2c(c1)c(CC(=O)O)c(C)n2C(=O)c1ccc(Cl)cc1.CCC(=O)[N-]CC(=O)[N-]CC(=O)[N-]CC(=O)NCCCCCCOc1ccc2c(c1)c(CC(=O)O)c(C)n2C(=O)c1ccc(Cl)cc1.[Na+].[O]=[99Tc+4].[O]=[Tc](=[O])(=[O])[O-].[SH-]. The van der Waals surface area contributed by atoms with Crippen molar-refractivity contribution < 1.29 is 164 Å². The number of hydrogen-bond donors (Lipinski definition) is 7. The molecular formula is C67H78Cl2N10NaO22S2Tc2. The van der Waals surface area contributed by atoms with Crippen LogP contribution in [0.4, 0.5) is 0 Å². The van der Waals surface area contributed by atoms with Gasteiger partial charge in [-0.05, 0) is 149 Å². The topological polar surface area (TPSA) is 484 Å². The molecule has 2 heterocycles. The van der Waals surface area contributed by atoms with E-state index in [1.54, 1.807) is 106 Å². The molecule has 0 aliphatic carbocycles. The summed E-state index contributed by atoms with van der Waals surface area (Å²) in [4.78, 5) is 154. The number of thioether (sulfide) groups is 1. The number of rotatable bonds is 37. The monoisotopic (exact) mass is 1730 g/mol. The summed E-state index contributed by atoms with van der Waals surface area (Å²) in [6.45, 7) is 5.82. The van der Waals surface area contributed by atoms with Gasteiger partial charge in [-0.2, -0.15) is 0 Å². The average molecular weight is 1730 g/mol. The van der Waals surface area contributed by atoms with Crippen LogP contribution in [-0.2, 0) is 127 Å². The number of nitrogens with one attached hydrogen (secondary N) is 5. The fraction of sp³-hybridized carbons (Fsp3) is 0.388. The van der Waals surface area contributed by atoms with Crippen molar-refractivity contribution in [3.63, 3.8) is 0 Å². The molecule has 0 atom stereocenters. The molecule has 0 aliphatic rings. The van der Waals surface area contributed by atoms with Gasteiger partial charge in [-0.15, -0.1) is 0 Å². The Morgan fingerprint density at radius 2 is 0.868 bits per heavy atom. The first kappa shape index (κ1) is 96.0. The number of halogens is 2. The maximum atomic E-state index is 13.4. The van der Waals surface area contributed by atoms with Crippen molar-refractivity contribution >= 4 is 146 Å². The maximum absolute atomic E-state index is 13.4. The van der Waals surface area contributed by atoms with Gasteiger partial charge in [0.2, 0.25) is 29.5 Å². The average Bonchev–Trinajstić information content (AvgIpc) is 1.62. The van der Waals surface area contributed by atoms with E-state index in [2.05, 4.69) is 42.5 Å². The van der Waals surface area contributed by atoms with Crippen molar-refractivity contribution in [3.05, 3.63) is 145 Å². The van der Waals surface area contributed by atoms with Crippen molar-refractivity contribution in [1.82, 2.24) is 35.7 Å². The largest absolute Gasteiger partial charge is 0.813 e. The third-order valence-corrected chi connectivity index (χ3v) is 15.7. The summed E-state index contributed by atoms with van der Waals surface area (Å²) in [5.41, 5.74) is 4.18. The zero-order valence-electron chi connectivity index (χ0n) is 58.3. The minimum atomic E-state index is -5.94. The molecule has 0 radical (unpaired) electrons. The summed E-state index contributed by atoms with van der Waals surface area (Å²) in [5, 5.41) is 44.1.